The molecular weight excluding hydrogens is 705 g/mol. The van der Waals surface area contributed by atoms with Crippen LogP contribution < -0.4 is 5.73 Å². The minimum absolute atomic E-state index is 0.0415. The van der Waals surface area contributed by atoms with Gasteiger partial charge in [-0.1, -0.05) is 153 Å². The van der Waals surface area contributed by atoms with Gasteiger partial charge in [-0.15, -0.1) is 0 Å². The molecule has 1 rings (SSSR count). The summed E-state index contributed by atoms with van der Waals surface area (Å²) in [6, 6.07) is 0. The summed E-state index contributed by atoms with van der Waals surface area (Å²) in [5, 5.41) is 0. The lowest BCUT2D eigenvalue weighted by atomic mass is 10.0. The third kappa shape index (κ3) is 32.4. The number of unbranched alkanes of at least 4 members (excludes halogenated alkanes) is 17. The van der Waals surface area contributed by atoms with E-state index < -0.39 is 32.5 Å². The molecular formula is C43H78NO9P. The Morgan fingerprint density at radius 2 is 1.20 bits per heavy atom. The highest BCUT2D eigenvalue weighted by molar-refractivity contribution is 7.47. The predicted molar refractivity (Wildman–Crippen MR) is 219 cm³/mol. The van der Waals surface area contributed by atoms with Gasteiger partial charge in [-0.25, -0.2) is 4.57 Å². The number of phosphoric ester groups is 1. The Morgan fingerprint density at radius 3 is 1.81 bits per heavy atom. The van der Waals surface area contributed by atoms with Crippen LogP contribution in [0.25, 0.3) is 0 Å². The predicted octanol–water partition coefficient (Wildman–Crippen LogP) is 11.2. The van der Waals surface area contributed by atoms with E-state index in [0.717, 1.165) is 51.4 Å². The fourth-order valence-corrected chi connectivity index (χ4v) is 6.90. The third-order valence-electron chi connectivity index (χ3n) is 9.45. The number of epoxide rings is 1. The van der Waals surface area contributed by atoms with Crippen LogP contribution in [-0.2, 0) is 37.4 Å². The molecule has 0 saturated carbocycles. The van der Waals surface area contributed by atoms with Crippen LogP contribution in [0.3, 0.4) is 0 Å². The smallest absolute Gasteiger partial charge is 0.462 e. The van der Waals surface area contributed by atoms with E-state index in [1.807, 2.05) is 0 Å². The van der Waals surface area contributed by atoms with Gasteiger partial charge >= 0.3 is 19.8 Å². The summed E-state index contributed by atoms with van der Waals surface area (Å²) in [6.45, 7) is 3.62. The molecule has 1 aliphatic heterocycles. The largest absolute Gasteiger partial charge is 0.472 e. The van der Waals surface area contributed by atoms with E-state index in [9.17, 15) is 19.0 Å². The molecule has 0 aliphatic carbocycles. The number of nitrogens with two attached hydrogens (primary N) is 1. The van der Waals surface area contributed by atoms with E-state index in [2.05, 4.69) is 50.3 Å². The fourth-order valence-electron chi connectivity index (χ4n) is 6.13. The number of ether oxygens (including phenoxy) is 3. The maximum Gasteiger partial charge on any atom is 0.472 e. The van der Waals surface area contributed by atoms with Crippen molar-refractivity contribution in [1.82, 2.24) is 0 Å². The molecule has 314 valence electrons. The highest BCUT2D eigenvalue weighted by atomic mass is 31.2. The van der Waals surface area contributed by atoms with Crippen LogP contribution in [-0.4, -0.2) is 61.5 Å². The van der Waals surface area contributed by atoms with E-state index in [1.165, 1.54) is 96.3 Å². The minimum Gasteiger partial charge on any atom is -0.462 e. The molecule has 1 saturated heterocycles. The van der Waals surface area contributed by atoms with Gasteiger partial charge < -0.3 is 24.8 Å². The van der Waals surface area contributed by atoms with E-state index in [1.54, 1.807) is 0 Å². The lowest BCUT2D eigenvalue weighted by Crippen LogP contribution is -2.29. The zero-order valence-electron chi connectivity index (χ0n) is 34.1. The fraction of sp³-hybridized carbons (Fsp3) is 0.814. The molecule has 1 heterocycles. The van der Waals surface area contributed by atoms with Crippen molar-refractivity contribution in [3.05, 3.63) is 36.5 Å². The van der Waals surface area contributed by atoms with Crippen LogP contribution >= 0.6 is 7.82 Å². The second kappa shape index (κ2) is 35.6. The highest BCUT2D eigenvalue weighted by Crippen LogP contribution is 2.43. The monoisotopic (exact) mass is 784 g/mol. The van der Waals surface area contributed by atoms with Gasteiger partial charge in [-0.2, -0.15) is 0 Å². The molecule has 10 nitrogen and oxygen atoms in total. The van der Waals surface area contributed by atoms with Crippen LogP contribution in [0.5, 0.6) is 0 Å². The van der Waals surface area contributed by atoms with Gasteiger partial charge in [0.2, 0.25) is 0 Å². The molecule has 0 aromatic heterocycles. The molecule has 11 heteroatoms. The van der Waals surface area contributed by atoms with Crippen molar-refractivity contribution in [2.75, 3.05) is 26.4 Å². The van der Waals surface area contributed by atoms with Crippen LogP contribution in [0.15, 0.2) is 36.5 Å². The number of carbonyl (C=O) groups is 2. The molecule has 4 atom stereocenters. The lowest BCUT2D eigenvalue weighted by molar-refractivity contribution is -0.161. The van der Waals surface area contributed by atoms with Gasteiger partial charge in [0.15, 0.2) is 6.10 Å². The molecule has 0 amide bonds. The summed E-state index contributed by atoms with van der Waals surface area (Å²) in [5.74, 6) is -0.901. The van der Waals surface area contributed by atoms with Gasteiger partial charge in [-0.3, -0.25) is 18.6 Å². The Morgan fingerprint density at radius 1 is 0.667 bits per heavy atom. The van der Waals surface area contributed by atoms with E-state index >= 15 is 0 Å². The molecule has 3 N–H and O–H groups in total. The first-order valence-corrected chi connectivity index (χ1v) is 23.1. The average molecular weight is 784 g/mol. The Kier molecular flexibility index (Phi) is 33.1. The van der Waals surface area contributed by atoms with Crippen LogP contribution in [0.1, 0.15) is 181 Å². The average Bonchev–Trinajstić information content (AvgIpc) is 3.91. The molecule has 1 fully saturated rings. The molecule has 0 aromatic carbocycles. The van der Waals surface area contributed by atoms with Crippen molar-refractivity contribution >= 4 is 19.8 Å². The van der Waals surface area contributed by atoms with Crippen molar-refractivity contribution in [3.8, 4) is 0 Å². The molecule has 54 heavy (non-hydrogen) atoms. The van der Waals surface area contributed by atoms with E-state index in [-0.39, 0.29) is 44.8 Å². The van der Waals surface area contributed by atoms with Gasteiger partial charge in [0.1, 0.15) is 6.61 Å². The molecule has 1 aliphatic rings. The zero-order chi connectivity index (χ0) is 39.4. The van der Waals surface area contributed by atoms with Gasteiger partial charge in [0.05, 0.1) is 25.4 Å². The maximum atomic E-state index is 12.6. The second-order valence-corrected chi connectivity index (χ2v) is 16.1. The first kappa shape index (κ1) is 50.2. The van der Waals surface area contributed by atoms with Gasteiger partial charge in [-0.05, 0) is 51.4 Å². The number of allylic oxidation sites excluding steroid dienone is 5. The first-order valence-electron chi connectivity index (χ1n) is 21.6. The van der Waals surface area contributed by atoms with Crippen molar-refractivity contribution in [1.29, 1.82) is 0 Å². The van der Waals surface area contributed by atoms with Crippen molar-refractivity contribution < 1.29 is 42.3 Å². The summed E-state index contributed by atoms with van der Waals surface area (Å²) in [4.78, 5) is 35.0. The van der Waals surface area contributed by atoms with Crippen molar-refractivity contribution in [2.24, 2.45) is 5.73 Å². The molecule has 0 aromatic rings. The summed E-state index contributed by atoms with van der Waals surface area (Å²) >= 11 is 0. The zero-order valence-corrected chi connectivity index (χ0v) is 35.0. The third-order valence-corrected chi connectivity index (χ3v) is 10.4. The van der Waals surface area contributed by atoms with Crippen LogP contribution in [0.4, 0.5) is 0 Å². The van der Waals surface area contributed by atoms with E-state index in [0.29, 0.717) is 6.42 Å². The Labute approximate surface area is 329 Å². The number of hydrogen-bond donors (Lipinski definition) is 2. The number of esters is 2. The highest BCUT2D eigenvalue weighted by Gasteiger charge is 2.36. The molecule has 3 unspecified atom stereocenters. The summed E-state index contributed by atoms with van der Waals surface area (Å²) in [7, 11) is -4.40. The summed E-state index contributed by atoms with van der Waals surface area (Å²) in [6.07, 6.45) is 40.5. The first-order chi connectivity index (χ1) is 26.3. The number of rotatable bonds is 39. The topological polar surface area (TPSA) is 147 Å². The van der Waals surface area contributed by atoms with Crippen LogP contribution in [0, 0.1) is 0 Å². The molecule has 0 bridgehead atoms. The van der Waals surface area contributed by atoms with Gasteiger partial charge in [0, 0.05) is 19.4 Å². The van der Waals surface area contributed by atoms with Crippen LogP contribution in [0.2, 0.25) is 0 Å². The van der Waals surface area contributed by atoms with Crippen molar-refractivity contribution in [2.45, 2.75) is 199 Å². The minimum atomic E-state index is -4.40. The van der Waals surface area contributed by atoms with E-state index in [4.69, 9.17) is 29.0 Å². The quantitative estimate of drug-likeness (QED) is 0.0203. The number of carbonyl (C=O) groups excluding carboxylic acids is 2. The SMILES string of the molecule is CCCCC/C=C\C/C=C\C/C=C\CC1OC1CCCC(=O)O[C@H](COC(=O)CCCCCCCCCCCCCCCCC)COP(=O)(O)OCCN. The lowest BCUT2D eigenvalue weighted by Gasteiger charge is -2.19. The molecule has 0 radical (unpaired) electrons. The van der Waals surface area contributed by atoms with Crippen molar-refractivity contribution in [3.63, 3.8) is 0 Å². The maximum absolute atomic E-state index is 12.6. The van der Waals surface area contributed by atoms with Gasteiger partial charge in [0.25, 0.3) is 0 Å². The standard InChI is InChI=1S/C43H78NO9P/c1-3-5-7-9-11-13-15-17-18-19-21-23-25-27-29-33-42(45)49-37-39(38-51-54(47,48)50-36-35-44)52-43(46)34-30-32-41-40(53-41)31-28-26-24-22-20-16-14-12-10-8-6-4-2/h12,14,20,22,26,28,39-41H,3-11,13,15-19,21,23-25,27,29-38,44H2,1-2H3,(H,47,48)/b14-12-,22-20-,28-26-/t39-,40?,41?/m1/s1. The normalized spacial score (nSPS) is 17.4. The Hall–Kier alpha value is -1.81. The number of phosphoric acid groups is 1. The summed E-state index contributed by atoms with van der Waals surface area (Å²) < 4.78 is 38.5. The summed E-state index contributed by atoms with van der Waals surface area (Å²) in [5.41, 5.74) is 5.35. The molecule has 0 spiro atoms. The second-order valence-electron chi connectivity index (χ2n) is 14.6. The number of hydrogen-bond acceptors (Lipinski definition) is 9. The Balaban J connectivity index is 2.24. The Bertz CT molecular complexity index is 1050.